The molecule has 0 saturated heterocycles. The van der Waals surface area contributed by atoms with Crippen molar-refractivity contribution in [2.75, 3.05) is 5.32 Å². The summed E-state index contributed by atoms with van der Waals surface area (Å²) in [7, 11) is 0. The van der Waals surface area contributed by atoms with Crippen LogP contribution < -0.4 is 5.32 Å². The molecule has 26 heavy (non-hydrogen) atoms. The fourth-order valence-corrected chi connectivity index (χ4v) is 2.91. The van der Waals surface area contributed by atoms with Gasteiger partial charge in [-0.3, -0.25) is 0 Å². The largest absolute Gasteiger partial charge is 0.492 e. The Hall–Kier alpha value is -2.83. The smallest absolute Gasteiger partial charge is 0.238 e. The molecule has 0 amide bonds. The fourth-order valence-electron chi connectivity index (χ4n) is 2.59. The Morgan fingerprint density at radius 3 is 2.92 bits per heavy atom. The summed E-state index contributed by atoms with van der Waals surface area (Å²) in [4.78, 5) is 15.6. The van der Waals surface area contributed by atoms with Crippen LogP contribution in [0.15, 0.2) is 41.5 Å². The number of hydrogen-bond donors (Lipinski definition) is 3. The predicted molar refractivity (Wildman–Crippen MR) is 104 cm³/mol. The molecule has 0 spiro atoms. The Balaban J connectivity index is 1.52. The number of nitrogens with zero attached hydrogens (tertiary/aromatic N) is 3. The van der Waals surface area contributed by atoms with Crippen LogP contribution in [-0.2, 0) is 6.54 Å². The molecule has 0 bridgehead atoms. The Morgan fingerprint density at radius 2 is 2.08 bits per heavy atom. The molecule has 3 aromatic rings. The van der Waals surface area contributed by atoms with Crippen molar-refractivity contribution in [3.8, 4) is 5.88 Å². The molecule has 1 aliphatic rings. The summed E-state index contributed by atoms with van der Waals surface area (Å²) in [6.45, 7) is 0.480. The number of benzene rings is 1. The molecule has 0 aliphatic carbocycles. The highest BCUT2D eigenvalue weighted by atomic mass is 35.5. The Morgan fingerprint density at radius 1 is 1.19 bits per heavy atom. The average Bonchev–Trinajstić information content (AvgIpc) is 3.20. The number of aromatic amines is 1. The molecule has 1 aliphatic heterocycles. The fraction of sp³-hybridized carbons (Fsp3) is 0.0556. The lowest BCUT2D eigenvalue weighted by molar-refractivity contribution is 0.455. The third-order valence-electron chi connectivity index (χ3n) is 3.88. The van der Waals surface area contributed by atoms with Crippen molar-refractivity contribution in [3.63, 3.8) is 0 Å². The number of nitrogens with one attached hydrogen (secondary N) is 2. The summed E-state index contributed by atoms with van der Waals surface area (Å²) in [5, 5.41) is 14.2. The van der Waals surface area contributed by atoms with Crippen molar-refractivity contribution >= 4 is 52.8 Å². The van der Waals surface area contributed by atoms with Gasteiger partial charge in [0.15, 0.2) is 5.82 Å². The van der Waals surface area contributed by atoms with E-state index in [4.69, 9.17) is 23.2 Å². The zero-order valence-corrected chi connectivity index (χ0v) is 14.9. The van der Waals surface area contributed by atoms with Gasteiger partial charge in [-0.2, -0.15) is 4.98 Å². The van der Waals surface area contributed by atoms with Gasteiger partial charge in [-0.25, -0.2) is 9.98 Å². The van der Waals surface area contributed by atoms with Crippen LogP contribution in [0.25, 0.3) is 11.6 Å². The van der Waals surface area contributed by atoms with Crippen LogP contribution in [0.2, 0.25) is 10.0 Å². The minimum absolute atomic E-state index is 0.0973. The summed E-state index contributed by atoms with van der Waals surface area (Å²) < 4.78 is 0. The van der Waals surface area contributed by atoms with Crippen LogP contribution >= 0.6 is 23.2 Å². The van der Waals surface area contributed by atoms with Gasteiger partial charge in [0.25, 0.3) is 0 Å². The molecule has 4 rings (SSSR count). The van der Waals surface area contributed by atoms with E-state index in [1.165, 1.54) is 0 Å². The second-order valence-corrected chi connectivity index (χ2v) is 6.47. The minimum atomic E-state index is -0.0973. The molecular weight excluding hydrogens is 373 g/mol. The minimum Gasteiger partial charge on any atom is -0.492 e. The first-order valence-corrected chi connectivity index (χ1v) is 8.53. The molecule has 0 radical (unpaired) electrons. The first-order chi connectivity index (χ1) is 12.6. The van der Waals surface area contributed by atoms with Crippen molar-refractivity contribution in [3.05, 3.63) is 63.4 Å². The average molecular weight is 386 g/mol. The van der Waals surface area contributed by atoms with E-state index >= 15 is 0 Å². The van der Waals surface area contributed by atoms with E-state index in [1.54, 1.807) is 30.6 Å². The van der Waals surface area contributed by atoms with Crippen LogP contribution in [0.5, 0.6) is 5.88 Å². The van der Waals surface area contributed by atoms with Gasteiger partial charge >= 0.3 is 0 Å². The molecule has 0 fully saturated rings. The zero-order valence-electron chi connectivity index (χ0n) is 13.4. The number of aliphatic imine (C=N–C) groups is 1. The highest BCUT2D eigenvalue weighted by Crippen LogP contribution is 2.31. The molecule has 3 heterocycles. The third-order valence-corrected chi connectivity index (χ3v) is 4.62. The van der Waals surface area contributed by atoms with Gasteiger partial charge in [0.2, 0.25) is 11.8 Å². The van der Waals surface area contributed by atoms with Crippen molar-refractivity contribution in [1.82, 2.24) is 15.0 Å². The molecule has 0 unspecified atom stereocenters. The number of hydrogen-bond acceptors (Lipinski definition) is 5. The Bertz CT molecular complexity index is 1040. The summed E-state index contributed by atoms with van der Waals surface area (Å²) in [5.41, 5.74) is 3.19. The van der Waals surface area contributed by atoms with Gasteiger partial charge in [0.1, 0.15) is 5.69 Å². The number of rotatable bonds is 4. The number of halogens is 2. The van der Waals surface area contributed by atoms with Crippen LogP contribution in [-0.4, -0.2) is 26.3 Å². The van der Waals surface area contributed by atoms with E-state index in [1.807, 2.05) is 18.2 Å². The SMILES string of the molecule is Oc1nc(NCc2ccc(Cl)c(Cl)c2)[nH]c1/C=C1\C=Nc2ncccc21. The first kappa shape index (κ1) is 16.6. The third kappa shape index (κ3) is 3.29. The number of pyridine rings is 1. The zero-order chi connectivity index (χ0) is 18.1. The van der Waals surface area contributed by atoms with Gasteiger partial charge in [-0.15, -0.1) is 0 Å². The monoisotopic (exact) mass is 385 g/mol. The summed E-state index contributed by atoms with van der Waals surface area (Å²) in [6.07, 6.45) is 5.18. The van der Waals surface area contributed by atoms with E-state index < -0.39 is 0 Å². The first-order valence-electron chi connectivity index (χ1n) is 7.78. The number of aromatic nitrogens is 3. The highest BCUT2D eigenvalue weighted by molar-refractivity contribution is 6.42. The van der Waals surface area contributed by atoms with Gasteiger partial charge in [-0.05, 0) is 35.9 Å². The number of allylic oxidation sites excluding steroid dienone is 1. The maximum Gasteiger partial charge on any atom is 0.238 e. The second kappa shape index (κ2) is 6.82. The normalized spacial score (nSPS) is 14.0. The van der Waals surface area contributed by atoms with E-state index in [-0.39, 0.29) is 5.88 Å². The van der Waals surface area contributed by atoms with Gasteiger partial charge < -0.3 is 15.4 Å². The van der Waals surface area contributed by atoms with Gasteiger partial charge in [0, 0.05) is 30.1 Å². The lowest BCUT2D eigenvalue weighted by Crippen LogP contribution is -2.00. The molecule has 130 valence electrons. The van der Waals surface area contributed by atoms with E-state index in [0.29, 0.717) is 34.1 Å². The summed E-state index contributed by atoms with van der Waals surface area (Å²) in [6, 6.07) is 9.16. The topological polar surface area (TPSA) is 86.2 Å². The molecule has 2 aromatic heterocycles. The summed E-state index contributed by atoms with van der Waals surface area (Å²) in [5.74, 6) is 1.01. The number of imidazole rings is 1. The highest BCUT2D eigenvalue weighted by Gasteiger charge is 2.15. The van der Waals surface area contributed by atoms with Crippen molar-refractivity contribution < 1.29 is 5.11 Å². The predicted octanol–water partition coefficient (Wildman–Crippen LogP) is 4.69. The quantitative estimate of drug-likeness (QED) is 0.608. The molecule has 8 heteroatoms. The second-order valence-electron chi connectivity index (χ2n) is 5.66. The Labute approximate surface area is 159 Å². The molecular formula is C18H13Cl2N5O. The lowest BCUT2D eigenvalue weighted by Gasteiger charge is -2.04. The maximum atomic E-state index is 10.1. The maximum absolute atomic E-state index is 10.1. The number of H-pyrrole nitrogens is 1. The van der Waals surface area contributed by atoms with Crippen molar-refractivity contribution in [2.45, 2.75) is 6.54 Å². The van der Waals surface area contributed by atoms with Gasteiger partial charge in [-0.1, -0.05) is 29.3 Å². The van der Waals surface area contributed by atoms with Crippen LogP contribution in [0, 0.1) is 0 Å². The number of aromatic hydroxyl groups is 1. The van der Waals surface area contributed by atoms with Crippen molar-refractivity contribution in [1.29, 1.82) is 0 Å². The standard InChI is InChI=1S/C18H13Cl2N5O/c19-13-4-3-10(6-14(13)20)8-23-18-24-15(17(26)25-18)7-11-9-22-16-12(11)2-1-5-21-16/h1-7,9,26H,8H2,(H2,23,24,25)/b11-7+. The molecule has 0 atom stereocenters. The molecule has 3 N–H and O–H groups in total. The van der Waals surface area contributed by atoms with Crippen LogP contribution in [0.3, 0.4) is 0 Å². The lowest BCUT2D eigenvalue weighted by atomic mass is 10.1. The number of anilines is 1. The van der Waals surface area contributed by atoms with E-state index in [0.717, 1.165) is 16.7 Å². The van der Waals surface area contributed by atoms with Crippen molar-refractivity contribution in [2.24, 2.45) is 4.99 Å². The summed E-state index contributed by atoms with van der Waals surface area (Å²) >= 11 is 11.9. The van der Waals surface area contributed by atoms with Crippen LogP contribution in [0.4, 0.5) is 11.8 Å². The number of fused-ring (bicyclic) bond motifs is 1. The molecule has 6 nitrogen and oxygen atoms in total. The Kier molecular flexibility index (Phi) is 4.36. The van der Waals surface area contributed by atoms with Crippen LogP contribution in [0.1, 0.15) is 16.8 Å². The van der Waals surface area contributed by atoms with E-state index in [2.05, 4.69) is 25.3 Å². The molecule has 0 saturated carbocycles. The molecule has 1 aromatic carbocycles. The van der Waals surface area contributed by atoms with E-state index in [9.17, 15) is 5.11 Å². The van der Waals surface area contributed by atoms with Gasteiger partial charge in [0.05, 0.1) is 10.0 Å².